The zero-order chi connectivity index (χ0) is 17.8. The van der Waals surface area contributed by atoms with Crippen molar-refractivity contribution in [2.24, 2.45) is 0 Å². The van der Waals surface area contributed by atoms with Crippen LogP contribution in [0.5, 0.6) is 0 Å². The first-order valence-electron chi connectivity index (χ1n) is 8.60. The molecule has 0 saturated carbocycles. The van der Waals surface area contributed by atoms with Gasteiger partial charge in [-0.1, -0.05) is 48.5 Å². The predicted octanol–water partition coefficient (Wildman–Crippen LogP) is 3.44. The lowest BCUT2D eigenvalue weighted by molar-refractivity contribution is -0.120. The fourth-order valence-corrected chi connectivity index (χ4v) is 3.27. The lowest BCUT2D eigenvalue weighted by atomic mass is 10.1. The maximum atomic E-state index is 12.5. The van der Waals surface area contributed by atoms with Gasteiger partial charge in [0.2, 0.25) is 5.91 Å². The number of H-pyrrole nitrogens is 1. The van der Waals surface area contributed by atoms with E-state index in [1.165, 1.54) is 5.56 Å². The number of hydrogen-bond donors (Lipinski definition) is 2. The van der Waals surface area contributed by atoms with Gasteiger partial charge in [0, 0.05) is 23.1 Å². The molecule has 0 radical (unpaired) electrons. The van der Waals surface area contributed by atoms with Crippen molar-refractivity contribution in [2.75, 3.05) is 20.6 Å². The number of amides is 1. The molecule has 25 heavy (non-hydrogen) atoms. The smallest absolute Gasteiger partial charge is 0.224 e. The molecule has 1 heterocycles. The molecular weight excluding hydrogens is 310 g/mol. The van der Waals surface area contributed by atoms with Gasteiger partial charge >= 0.3 is 0 Å². The molecule has 0 aliphatic heterocycles. The van der Waals surface area contributed by atoms with E-state index < -0.39 is 0 Å². The van der Waals surface area contributed by atoms with Crippen LogP contribution in [0.3, 0.4) is 0 Å². The second kappa shape index (κ2) is 7.53. The lowest BCUT2D eigenvalue weighted by Crippen LogP contribution is -2.35. The molecule has 3 aromatic rings. The van der Waals surface area contributed by atoms with E-state index in [-0.39, 0.29) is 11.9 Å². The Kier molecular flexibility index (Phi) is 5.19. The van der Waals surface area contributed by atoms with Gasteiger partial charge in [-0.25, -0.2) is 0 Å². The standard InChI is InChI=1S/C21H25N3O/c1-15-18(17-11-7-8-12-19(17)23-15)13-21(25)22-14-20(24(2)3)16-9-5-4-6-10-16/h4-12,20,23H,13-14H2,1-3H3,(H,22,25). The molecule has 1 atom stereocenters. The molecule has 0 aliphatic carbocycles. The van der Waals surface area contributed by atoms with Gasteiger partial charge < -0.3 is 15.2 Å². The third-order valence-electron chi connectivity index (χ3n) is 4.66. The van der Waals surface area contributed by atoms with Gasteiger partial charge in [0.05, 0.1) is 12.5 Å². The lowest BCUT2D eigenvalue weighted by Gasteiger charge is -2.25. The molecule has 1 unspecified atom stereocenters. The van der Waals surface area contributed by atoms with E-state index in [2.05, 4.69) is 33.4 Å². The van der Waals surface area contributed by atoms with Gasteiger partial charge in [-0.15, -0.1) is 0 Å². The average Bonchev–Trinajstić information content (AvgIpc) is 2.91. The molecule has 0 bridgehead atoms. The molecule has 4 nitrogen and oxygen atoms in total. The molecule has 0 saturated heterocycles. The Bertz CT molecular complexity index is 852. The summed E-state index contributed by atoms with van der Waals surface area (Å²) < 4.78 is 0. The first-order valence-corrected chi connectivity index (χ1v) is 8.60. The number of carbonyl (C=O) groups excluding carboxylic acids is 1. The largest absolute Gasteiger partial charge is 0.358 e. The number of fused-ring (bicyclic) bond motifs is 1. The number of carbonyl (C=O) groups is 1. The molecule has 0 fully saturated rings. The average molecular weight is 335 g/mol. The van der Waals surface area contributed by atoms with Crippen LogP contribution < -0.4 is 5.32 Å². The number of benzene rings is 2. The van der Waals surface area contributed by atoms with E-state index in [9.17, 15) is 4.79 Å². The quantitative estimate of drug-likeness (QED) is 0.725. The first kappa shape index (κ1) is 17.2. The molecule has 0 aliphatic rings. The number of nitrogens with one attached hydrogen (secondary N) is 2. The highest BCUT2D eigenvalue weighted by atomic mass is 16.1. The Labute approximate surface area is 148 Å². The van der Waals surface area contributed by atoms with E-state index in [1.54, 1.807) is 0 Å². The van der Waals surface area contributed by atoms with Crippen LogP contribution in [0.2, 0.25) is 0 Å². The van der Waals surface area contributed by atoms with Crippen molar-refractivity contribution in [2.45, 2.75) is 19.4 Å². The molecule has 1 aromatic heterocycles. The molecule has 2 aromatic carbocycles. The van der Waals surface area contributed by atoms with E-state index in [4.69, 9.17) is 0 Å². The van der Waals surface area contributed by atoms with E-state index in [0.29, 0.717) is 13.0 Å². The van der Waals surface area contributed by atoms with Crippen LogP contribution in [0, 0.1) is 6.92 Å². The summed E-state index contributed by atoms with van der Waals surface area (Å²) in [4.78, 5) is 18.0. The van der Waals surface area contributed by atoms with Crippen LogP contribution in [0.25, 0.3) is 10.9 Å². The topological polar surface area (TPSA) is 48.1 Å². The minimum absolute atomic E-state index is 0.0515. The Morgan fingerprint density at radius 1 is 1.08 bits per heavy atom. The van der Waals surface area contributed by atoms with Crippen molar-refractivity contribution >= 4 is 16.8 Å². The molecular formula is C21H25N3O. The van der Waals surface area contributed by atoms with Gasteiger partial charge in [-0.05, 0) is 38.2 Å². The maximum Gasteiger partial charge on any atom is 0.224 e. The molecule has 0 spiro atoms. The summed E-state index contributed by atoms with van der Waals surface area (Å²) in [5.41, 5.74) is 4.42. The SMILES string of the molecule is Cc1[nH]c2ccccc2c1CC(=O)NCC(c1ccccc1)N(C)C. The Morgan fingerprint density at radius 3 is 2.48 bits per heavy atom. The van der Waals surface area contributed by atoms with Crippen LogP contribution in [0.1, 0.15) is 22.9 Å². The number of hydrogen-bond acceptors (Lipinski definition) is 2. The fraction of sp³-hybridized carbons (Fsp3) is 0.286. The zero-order valence-electron chi connectivity index (χ0n) is 15.0. The normalized spacial score (nSPS) is 12.5. The molecule has 1 amide bonds. The highest BCUT2D eigenvalue weighted by molar-refractivity contribution is 5.90. The van der Waals surface area contributed by atoms with Crippen molar-refractivity contribution in [1.82, 2.24) is 15.2 Å². The van der Waals surface area contributed by atoms with Gasteiger partial charge in [-0.3, -0.25) is 4.79 Å². The number of rotatable bonds is 6. The molecule has 2 N–H and O–H groups in total. The number of nitrogens with zero attached hydrogens (tertiary/aromatic N) is 1. The number of para-hydroxylation sites is 1. The van der Waals surface area contributed by atoms with Crippen molar-refractivity contribution in [3.8, 4) is 0 Å². The molecule has 4 heteroatoms. The summed E-state index contributed by atoms with van der Waals surface area (Å²) in [6, 6.07) is 18.5. The number of likely N-dealkylation sites (N-methyl/N-ethyl adjacent to an activating group) is 1. The third-order valence-corrected chi connectivity index (χ3v) is 4.66. The van der Waals surface area contributed by atoms with E-state index in [0.717, 1.165) is 22.2 Å². The van der Waals surface area contributed by atoms with Gasteiger partial charge in [-0.2, -0.15) is 0 Å². The second-order valence-electron chi connectivity index (χ2n) is 6.65. The summed E-state index contributed by atoms with van der Waals surface area (Å²) in [5.74, 6) is 0.0515. The first-order chi connectivity index (χ1) is 12.1. The van der Waals surface area contributed by atoms with E-state index >= 15 is 0 Å². The number of aromatic nitrogens is 1. The Morgan fingerprint density at radius 2 is 1.76 bits per heavy atom. The number of aryl methyl sites for hydroxylation is 1. The summed E-state index contributed by atoms with van der Waals surface area (Å²) in [5, 5.41) is 4.23. The zero-order valence-corrected chi connectivity index (χ0v) is 15.0. The second-order valence-corrected chi connectivity index (χ2v) is 6.65. The minimum atomic E-state index is 0.0515. The predicted molar refractivity (Wildman–Crippen MR) is 103 cm³/mol. The van der Waals surface area contributed by atoms with Crippen molar-refractivity contribution in [3.63, 3.8) is 0 Å². The Hall–Kier alpha value is -2.59. The fourth-order valence-electron chi connectivity index (χ4n) is 3.27. The molecule has 3 rings (SSSR count). The van der Waals surface area contributed by atoms with Gasteiger partial charge in [0.1, 0.15) is 0 Å². The number of aromatic amines is 1. The molecule has 130 valence electrons. The van der Waals surface area contributed by atoms with Crippen LogP contribution >= 0.6 is 0 Å². The van der Waals surface area contributed by atoms with Crippen molar-refractivity contribution < 1.29 is 4.79 Å². The van der Waals surface area contributed by atoms with Crippen molar-refractivity contribution in [1.29, 1.82) is 0 Å². The summed E-state index contributed by atoms with van der Waals surface area (Å²) in [6.45, 7) is 2.62. The monoisotopic (exact) mass is 335 g/mol. The third kappa shape index (κ3) is 3.91. The van der Waals surface area contributed by atoms with Gasteiger partial charge in [0.15, 0.2) is 0 Å². The highest BCUT2D eigenvalue weighted by Gasteiger charge is 2.16. The van der Waals surface area contributed by atoms with Crippen LogP contribution in [0.15, 0.2) is 54.6 Å². The van der Waals surface area contributed by atoms with Crippen molar-refractivity contribution in [3.05, 3.63) is 71.4 Å². The summed E-state index contributed by atoms with van der Waals surface area (Å²) in [7, 11) is 4.07. The Balaban J connectivity index is 1.68. The minimum Gasteiger partial charge on any atom is -0.358 e. The van der Waals surface area contributed by atoms with Crippen LogP contribution in [0.4, 0.5) is 0 Å². The maximum absolute atomic E-state index is 12.5. The van der Waals surface area contributed by atoms with Crippen LogP contribution in [-0.4, -0.2) is 36.4 Å². The summed E-state index contributed by atoms with van der Waals surface area (Å²) >= 11 is 0. The van der Waals surface area contributed by atoms with Crippen LogP contribution in [-0.2, 0) is 11.2 Å². The highest BCUT2D eigenvalue weighted by Crippen LogP contribution is 2.22. The van der Waals surface area contributed by atoms with Gasteiger partial charge in [0.25, 0.3) is 0 Å². The summed E-state index contributed by atoms with van der Waals surface area (Å²) in [6.07, 6.45) is 0.394. The van der Waals surface area contributed by atoms with E-state index in [1.807, 2.05) is 57.4 Å².